The summed E-state index contributed by atoms with van der Waals surface area (Å²) in [5, 5.41) is 11.0. The smallest absolute Gasteiger partial charge is 0.427 e. The standard InChI is InChI=1S/C14H15NO2.C14H17O4P.C14H14O2.C13H18O2.C12H12N2O2.C12H10O2.C11H10.C10H13NO2/c1-14(2,3)13(16)17-12-8-4-7-11-10(12)6-5-9-15-11;1-3-16-19(15,17-4-2)18-14-10-9-12-7-5-6-8-13(12)11-14;1-10(2)14(15)16-13-8-7-11-5-3-4-6-12(11)9-13;1-9-6-10(2)8-11(7-9)15-12(14)13(3,4)5;1-14(2)12(15)16-10-5-6-11-9(8-10)4-3-7-13-11;1-9(13)14-12-7-6-10-4-2-3-5-11(10)8-12;1-9-6-7-10-4-2-3-5-11(10)8-9;1-8-5-4-6-9(7-8)13-10(12)11(2)3/h4-9H,1-3H3;5-11H,3-4H2,1-2H3;3-10H,1-2H3;6-8H,1-5H3;3-8H,1-2H3;2-8H,1H3;2-8H,1H3;4-7H,1-3H3. The number of phosphoric ester groups is 1. The van der Waals surface area contributed by atoms with Crippen LogP contribution in [0.4, 0.5) is 9.59 Å². The summed E-state index contributed by atoms with van der Waals surface area (Å²) in [6, 6.07) is 87.0. The normalized spacial score (nSPS) is 10.7. The van der Waals surface area contributed by atoms with Crippen molar-refractivity contribution in [1.29, 1.82) is 0 Å². The van der Waals surface area contributed by atoms with Crippen LogP contribution in [0.5, 0.6) is 40.2 Å². The van der Waals surface area contributed by atoms with Gasteiger partial charge in [0.25, 0.3) is 0 Å². The van der Waals surface area contributed by atoms with Crippen LogP contribution in [-0.2, 0) is 32.8 Å². The molecule has 0 aliphatic rings. The topological polar surface area (TPSA) is 235 Å². The molecule has 2 aromatic heterocycles. The number of pyridine rings is 2. The molecule has 0 saturated carbocycles. The van der Waals surface area contributed by atoms with Crippen molar-refractivity contribution in [2.45, 2.75) is 104 Å². The highest BCUT2D eigenvalue weighted by Crippen LogP contribution is 2.49. The third-order valence-electron chi connectivity index (χ3n) is 17.0. The van der Waals surface area contributed by atoms with Gasteiger partial charge in [0.1, 0.15) is 40.2 Å². The monoisotopic (exact) mass is 1650 g/mol. The Morgan fingerprint density at radius 1 is 0.355 bits per heavy atom. The third-order valence-corrected chi connectivity index (χ3v) is 18.5. The molecule has 20 nitrogen and oxygen atoms in total. The van der Waals surface area contributed by atoms with Crippen molar-refractivity contribution >= 4 is 109 Å². The molecule has 14 rings (SSSR count). The number of esters is 4. The van der Waals surface area contributed by atoms with Gasteiger partial charge in [0.15, 0.2) is 0 Å². The van der Waals surface area contributed by atoms with Crippen molar-refractivity contribution in [1.82, 2.24) is 19.8 Å². The van der Waals surface area contributed by atoms with Gasteiger partial charge >= 0.3 is 43.9 Å². The van der Waals surface area contributed by atoms with Crippen LogP contribution in [0.3, 0.4) is 0 Å². The first-order valence-corrected chi connectivity index (χ1v) is 40.9. The zero-order valence-corrected chi connectivity index (χ0v) is 73.3. The van der Waals surface area contributed by atoms with Crippen LogP contribution in [0.25, 0.3) is 64.9 Å². The number of aryl methyl sites for hydroxylation is 4. The fourth-order valence-corrected chi connectivity index (χ4v) is 12.0. The summed E-state index contributed by atoms with van der Waals surface area (Å²) in [4.78, 5) is 79.3. The Morgan fingerprint density at radius 2 is 0.744 bits per heavy atom. The fourth-order valence-electron chi connectivity index (χ4n) is 10.8. The Morgan fingerprint density at radius 3 is 1.22 bits per heavy atom. The molecule has 0 N–H and O–H groups in total. The lowest BCUT2D eigenvalue weighted by Gasteiger charge is -2.17. The molecule has 0 atom stereocenters. The molecule has 14 aromatic rings. The molecule has 630 valence electrons. The van der Waals surface area contributed by atoms with Crippen molar-refractivity contribution in [2.24, 2.45) is 16.7 Å². The van der Waals surface area contributed by atoms with Crippen LogP contribution in [-0.4, -0.2) is 97.2 Å². The lowest BCUT2D eigenvalue weighted by Crippen LogP contribution is -2.25. The predicted octanol–water partition coefficient (Wildman–Crippen LogP) is 24.5. The van der Waals surface area contributed by atoms with Crippen molar-refractivity contribution in [2.75, 3.05) is 41.4 Å². The molecule has 2 heterocycles. The molecule has 0 unspecified atom stereocenters. The van der Waals surface area contributed by atoms with Gasteiger partial charge < -0.3 is 42.7 Å². The summed E-state index contributed by atoms with van der Waals surface area (Å²) >= 11 is 0. The zero-order chi connectivity index (χ0) is 88.4. The quantitative estimate of drug-likeness (QED) is 0.0592. The van der Waals surface area contributed by atoms with E-state index in [9.17, 15) is 33.3 Å². The largest absolute Gasteiger partial charge is 0.530 e. The highest BCUT2D eigenvalue weighted by atomic mass is 31.2. The molecule has 0 fully saturated rings. The molecule has 0 saturated heterocycles. The van der Waals surface area contributed by atoms with Gasteiger partial charge in [0, 0.05) is 58.3 Å². The van der Waals surface area contributed by atoms with Crippen molar-refractivity contribution < 1.29 is 75.3 Å². The van der Waals surface area contributed by atoms with Gasteiger partial charge in [0.2, 0.25) is 0 Å². The molecule has 121 heavy (non-hydrogen) atoms. The number of rotatable bonds is 13. The third kappa shape index (κ3) is 32.3. The van der Waals surface area contributed by atoms with E-state index in [1.807, 2.05) is 264 Å². The average molecular weight is 1650 g/mol. The number of carbonyl (C=O) groups excluding carboxylic acids is 6. The summed E-state index contributed by atoms with van der Waals surface area (Å²) in [7, 11) is 3.07. The Bertz CT molecular complexity index is 5720. The van der Waals surface area contributed by atoms with E-state index in [-0.39, 0.29) is 55.2 Å². The summed E-state index contributed by atoms with van der Waals surface area (Å²) < 4.78 is 59.0. The molecular weight excluding hydrogens is 1540 g/mol. The van der Waals surface area contributed by atoms with Crippen LogP contribution < -0.4 is 32.9 Å². The van der Waals surface area contributed by atoms with Crippen molar-refractivity contribution in [3.05, 3.63) is 308 Å². The number of fused-ring (bicyclic) bond motifs is 6. The molecule has 0 radical (unpaired) electrons. The Balaban J connectivity index is 0.000000191. The van der Waals surface area contributed by atoms with Gasteiger partial charge in [-0.15, -0.1) is 0 Å². The van der Waals surface area contributed by atoms with Gasteiger partial charge in [-0.2, -0.15) is 0 Å². The van der Waals surface area contributed by atoms with Gasteiger partial charge in [0.05, 0.1) is 41.0 Å². The lowest BCUT2D eigenvalue weighted by molar-refractivity contribution is -0.143. The molecule has 12 aromatic carbocycles. The Labute approximate surface area is 709 Å². The summed E-state index contributed by atoms with van der Waals surface area (Å²) in [5.41, 5.74) is 5.34. The van der Waals surface area contributed by atoms with Crippen molar-refractivity contribution in [3.8, 4) is 40.2 Å². The predicted molar refractivity (Wildman–Crippen MR) is 484 cm³/mol. The second-order valence-corrected chi connectivity index (χ2v) is 32.1. The number of benzene rings is 12. The van der Waals surface area contributed by atoms with Crippen molar-refractivity contribution in [3.63, 3.8) is 0 Å². The van der Waals surface area contributed by atoms with Gasteiger partial charge in [-0.3, -0.25) is 38.2 Å². The van der Waals surface area contributed by atoms with E-state index in [1.54, 1.807) is 90.8 Å². The first-order valence-electron chi connectivity index (χ1n) is 39.5. The Kier molecular flexibility index (Phi) is 36.3. The van der Waals surface area contributed by atoms with Gasteiger partial charge in [-0.25, -0.2) is 14.2 Å². The maximum absolute atomic E-state index is 12.3. The number of hydrogen-bond acceptors (Lipinski definition) is 18. The number of ether oxygens (including phenoxy) is 6. The van der Waals surface area contributed by atoms with E-state index >= 15 is 0 Å². The van der Waals surface area contributed by atoms with E-state index in [0.29, 0.717) is 40.2 Å². The van der Waals surface area contributed by atoms with Crippen LogP contribution in [0.1, 0.15) is 98.4 Å². The second-order valence-electron chi connectivity index (χ2n) is 30.5. The average Bonchev–Trinajstić information content (AvgIpc) is 0.676. The highest BCUT2D eigenvalue weighted by Gasteiger charge is 2.28. The highest BCUT2D eigenvalue weighted by molar-refractivity contribution is 7.48. The fraction of sp³-hybridized carbons (Fsp3) is 0.240. The van der Waals surface area contributed by atoms with Gasteiger partial charge in [-0.1, -0.05) is 183 Å². The van der Waals surface area contributed by atoms with Crippen LogP contribution in [0.15, 0.2) is 285 Å². The number of phosphoric acid groups is 1. The minimum absolute atomic E-state index is 0.105. The van der Waals surface area contributed by atoms with E-state index in [0.717, 1.165) is 70.8 Å². The SMILES string of the molecule is CC(=O)Oc1ccc2ccccc2c1.CC(C)(C)C(=O)Oc1cccc2ncccc12.CC(C)C(=O)Oc1ccc2ccccc2c1.CCOP(=O)(OCC)Oc1ccc2ccccc2c1.CN(C)C(=O)Oc1ccc2ncccc2c1.Cc1cc(C)cc(OC(=O)C(C)(C)C)c1.Cc1ccc2ccccc2c1.Cc1cccc(OC(=O)N(C)C)c1. The zero-order valence-electron chi connectivity index (χ0n) is 72.4. The molecule has 2 amide bonds. The number of hydrogen-bond donors (Lipinski definition) is 0. The van der Waals surface area contributed by atoms with E-state index in [4.69, 9.17) is 42.0 Å². The molecular formula is C100H109N4O16P. The molecule has 21 heteroatoms. The molecule has 0 aliphatic carbocycles. The first-order chi connectivity index (χ1) is 57.5. The number of carbonyl (C=O) groups is 6. The van der Waals surface area contributed by atoms with Gasteiger partial charge in [-0.05, 0) is 252 Å². The molecule has 0 bridgehead atoms. The molecule has 0 spiro atoms. The minimum atomic E-state index is -3.52. The maximum atomic E-state index is 12.3. The van der Waals surface area contributed by atoms with Crippen LogP contribution in [0.2, 0.25) is 0 Å². The lowest BCUT2D eigenvalue weighted by atomic mass is 9.97. The number of aromatic nitrogens is 2. The summed E-state index contributed by atoms with van der Waals surface area (Å²) in [6.45, 7) is 28.1. The Hall–Kier alpha value is -13.1. The molecule has 0 aliphatic heterocycles. The van der Waals surface area contributed by atoms with Crippen LogP contribution in [0, 0.1) is 44.4 Å². The number of amides is 2. The summed E-state index contributed by atoms with van der Waals surface area (Å²) in [6.07, 6.45) is 2.71. The minimum Gasteiger partial charge on any atom is -0.427 e. The van der Waals surface area contributed by atoms with E-state index in [1.165, 1.54) is 33.1 Å². The van der Waals surface area contributed by atoms with E-state index < -0.39 is 18.7 Å². The van der Waals surface area contributed by atoms with Crippen LogP contribution >= 0.6 is 7.82 Å². The second kappa shape index (κ2) is 46.3. The summed E-state index contributed by atoms with van der Waals surface area (Å²) in [5.74, 6) is 2.95. The van der Waals surface area contributed by atoms with E-state index in [2.05, 4.69) is 65.4 Å². The number of nitrogens with zero attached hydrogens (tertiary/aromatic N) is 4. The first kappa shape index (κ1) is 95.0. The maximum Gasteiger partial charge on any atom is 0.530 e.